The number of rotatable bonds is 43. The smallest absolute Gasteiger partial charge is 0.315 e. The third-order valence-electron chi connectivity index (χ3n) is 12.3. The van der Waals surface area contributed by atoms with Crippen LogP contribution in [0, 0.1) is 17.8 Å². The van der Waals surface area contributed by atoms with Gasteiger partial charge in [0.05, 0.1) is 13.2 Å². The molecule has 7 nitrogen and oxygen atoms in total. The van der Waals surface area contributed by atoms with Crippen molar-refractivity contribution in [1.29, 1.82) is 0 Å². The third kappa shape index (κ3) is 37.0. The van der Waals surface area contributed by atoms with Gasteiger partial charge in [-0.15, -0.1) is 0 Å². The monoisotopic (exact) mass is 807 g/mol. The number of nitrogens with one attached hydrogen (secondary N) is 2. The molecule has 0 saturated heterocycles. The molecule has 7 heteroatoms. The fraction of sp³-hybridized carbons (Fsp3) is 0.940. The van der Waals surface area contributed by atoms with Crippen LogP contribution in [0.1, 0.15) is 260 Å². The number of ether oxygens (including phenoxy) is 2. The molecular weight excluding hydrogens is 709 g/mol. The summed E-state index contributed by atoms with van der Waals surface area (Å²) < 4.78 is 11.4. The van der Waals surface area contributed by atoms with E-state index in [9.17, 15) is 14.4 Å². The lowest BCUT2D eigenvalue weighted by atomic mass is 9.89. The van der Waals surface area contributed by atoms with Crippen LogP contribution in [0.2, 0.25) is 0 Å². The van der Waals surface area contributed by atoms with Crippen molar-refractivity contribution in [3.63, 3.8) is 0 Å². The first-order valence-corrected chi connectivity index (χ1v) is 25.2. The highest BCUT2D eigenvalue weighted by Gasteiger charge is 2.17. The third-order valence-corrected chi connectivity index (χ3v) is 12.3. The summed E-state index contributed by atoms with van der Waals surface area (Å²) in [6.45, 7) is 15.3. The highest BCUT2D eigenvalue weighted by Crippen LogP contribution is 2.23. The van der Waals surface area contributed by atoms with Crippen molar-refractivity contribution in [1.82, 2.24) is 10.6 Å². The molecule has 0 aromatic carbocycles. The molecule has 0 aromatic heterocycles. The lowest BCUT2D eigenvalue weighted by molar-refractivity contribution is -0.145. The van der Waals surface area contributed by atoms with E-state index < -0.39 is 0 Å². The Morgan fingerprint density at radius 2 is 0.860 bits per heavy atom. The van der Waals surface area contributed by atoms with Gasteiger partial charge >= 0.3 is 18.0 Å². The average Bonchev–Trinajstić information content (AvgIpc) is 3.20. The molecule has 0 spiro atoms. The Kier molecular flexibility index (Phi) is 41.0. The maximum Gasteiger partial charge on any atom is 0.315 e. The topological polar surface area (TPSA) is 93.7 Å². The number of amides is 2. The molecule has 0 heterocycles. The van der Waals surface area contributed by atoms with Crippen LogP contribution in [-0.4, -0.2) is 43.8 Å². The lowest BCUT2D eigenvalue weighted by Gasteiger charge is -2.22. The summed E-state index contributed by atoms with van der Waals surface area (Å²) in [5.41, 5.74) is 0. The Bertz CT molecular complexity index is 884. The number of hydrogen-bond acceptors (Lipinski definition) is 5. The van der Waals surface area contributed by atoms with Crippen LogP contribution < -0.4 is 10.6 Å². The van der Waals surface area contributed by atoms with Gasteiger partial charge < -0.3 is 20.1 Å². The Labute approximate surface area is 354 Å². The van der Waals surface area contributed by atoms with Crippen molar-refractivity contribution < 1.29 is 23.9 Å². The van der Waals surface area contributed by atoms with Crippen molar-refractivity contribution in [2.24, 2.45) is 17.8 Å². The van der Waals surface area contributed by atoms with Gasteiger partial charge in [-0.3, -0.25) is 9.59 Å². The quantitative estimate of drug-likeness (QED) is 0.0473. The van der Waals surface area contributed by atoms with Gasteiger partial charge in [0, 0.05) is 25.4 Å². The number of carbonyl (C=O) groups excluding carboxylic acids is 3. The highest BCUT2D eigenvalue weighted by atomic mass is 16.5. The minimum atomic E-state index is -0.0571. The van der Waals surface area contributed by atoms with Crippen LogP contribution in [-0.2, 0) is 19.1 Å². The summed E-state index contributed by atoms with van der Waals surface area (Å²) in [7, 11) is 0. The van der Waals surface area contributed by atoms with E-state index in [1.165, 1.54) is 122 Å². The molecule has 2 unspecified atom stereocenters. The second-order valence-electron chi connectivity index (χ2n) is 17.6. The van der Waals surface area contributed by atoms with E-state index in [1.54, 1.807) is 0 Å². The Morgan fingerprint density at radius 1 is 0.421 bits per heavy atom. The van der Waals surface area contributed by atoms with Crippen molar-refractivity contribution in [2.75, 3.05) is 19.8 Å². The van der Waals surface area contributed by atoms with Gasteiger partial charge in [-0.05, 0) is 75.5 Å². The van der Waals surface area contributed by atoms with Crippen LogP contribution in [0.15, 0.2) is 0 Å². The van der Waals surface area contributed by atoms with Crippen molar-refractivity contribution >= 4 is 18.0 Å². The summed E-state index contributed by atoms with van der Waals surface area (Å²) in [6.07, 6.45) is 38.0. The van der Waals surface area contributed by atoms with Crippen LogP contribution in [0.25, 0.3) is 0 Å². The molecule has 0 aliphatic carbocycles. The predicted molar refractivity (Wildman–Crippen MR) is 244 cm³/mol. The molecule has 0 aliphatic heterocycles. The SMILES string of the molecule is CCCCCCCCC(=O)OCCC(CCNC(=O)NC(CCCCCC)CCCCCCCCC(=O)OCC(CCCCC)CCCCC)CCC(CC)CC. The van der Waals surface area contributed by atoms with Gasteiger partial charge in [0.15, 0.2) is 0 Å². The minimum Gasteiger partial charge on any atom is -0.466 e. The lowest BCUT2D eigenvalue weighted by Crippen LogP contribution is -2.42. The van der Waals surface area contributed by atoms with Gasteiger partial charge in [-0.25, -0.2) is 4.79 Å². The molecule has 0 saturated carbocycles. The molecule has 2 atom stereocenters. The van der Waals surface area contributed by atoms with Gasteiger partial charge in [-0.1, -0.05) is 189 Å². The maximum atomic E-state index is 13.1. The van der Waals surface area contributed by atoms with E-state index in [-0.39, 0.29) is 24.0 Å². The number of unbranched alkanes of at least 4 members (excludes halogenated alkanes) is 17. The number of carbonyl (C=O) groups is 3. The molecule has 0 radical (unpaired) electrons. The average molecular weight is 807 g/mol. The minimum absolute atomic E-state index is 0.0158. The zero-order valence-electron chi connectivity index (χ0n) is 39.0. The van der Waals surface area contributed by atoms with Crippen molar-refractivity contribution in [3.8, 4) is 0 Å². The van der Waals surface area contributed by atoms with E-state index in [0.29, 0.717) is 44.4 Å². The van der Waals surface area contributed by atoms with Crippen LogP contribution in [0.3, 0.4) is 0 Å². The zero-order valence-corrected chi connectivity index (χ0v) is 39.0. The second kappa shape index (κ2) is 42.3. The Balaban J connectivity index is 4.59. The summed E-state index contributed by atoms with van der Waals surface area (Å²) in [6, 6.07) is 0.167. The van der Waals surface area contributed by atoms with Gasteiger partial charge in [0.2, 0.25) is 0 Å². The Hall–Kier alpha value is -1.79. The van der Waals surface area contributed by atoms with E-state index in [0.717, 1.165) is 89.4 Å². The molecule has 57 heavy (non-hydrogen) atoms. The fourth-order valence-corrected chi connectivity index (χ4v) is 8.12. The zero-order chi connectivity index (χ0) is 42.0. The largest absolute Gasteiger partial charge is 0.466 e. The maximum absolute atomic E-state index is 13.1. The first-order chi connectivity index (χ1) is 27.8. The molecule has 2 amide bonds. The van der Waals surface area contributed by atoms with Crippen LogP contribution >= 0.6 is 0 Å². The molecule has 338 valence electrons. The Morgan fingerprint density at radius 3 is 1.40 bits per heavy atom. The summed E-state index contributed by atoms with van der Waals surface area (Å²) in [5, 5.41) is 6.52. The summed E-state index contributed by atoms with van der Waals surface area (Å²) in [4.78, 5) is 37.9. The fourth-order valence-electron chi connectivity index (χ4n) is 8.12. The normalized spacial score (nSPS) is 12.6. The molecule has 0 aliphatic rings. The van der Waals surface area contributed by atoms with Crippen molar-refractivity contribution in [2.45, 2.75) is 266 Å². The molecule has 0 fully saturated rings. The number of hydrogen-bond donors (Lipinski definition) is 2. The molecule has 0 aromatic rings. The first kappa shape index (κ1) is 55.2. The van der Waals surface area contributed by atoms with Crippen LogP contribution in [0.4, 0.5) is 4.79 Å². The molecule has 0 bridgehead atoms. The molecular formula is C50H98N2O5. The highest BCUT2D eigenvalue weighted by molar-refractivity contribution is 5.74. The van der Waals surface area contributed by atoms with Gasteiger partial charge in [-0.2, -0.15) is 0 Å². The van der Waals surface area contributed by atoms with Crippen molar-refractivity contribution in [3.05, 3.63) is 0 Å². The van der Waals surface area contributed by atoms with Gasteiger partial charge in [0.1, 0.15) is 0 Å². The number of urea groups is 1. The summed E-state index contributed by atoms with van der Waals surface area (Å²) >= 11 is 0. The standard InChI is InChI=1S/C50H98N2O5/c1-7-13-17-19-23-29-35-48(53)56-42-40-45(38-37-44(11-5)12-6)39-41-51-50(55)52-47(33-27-18-14-8-2)34-28-22-20-21-24-30-36-49(54)57-43-46(31-25-15-9-3)32-26-16-10-4/h44-47H,7-43H2,1-6H3,(H2,51,52,55). The van der Waals surface area contributed by atoms with E-state index in [2.05, 4.69) is 52.2 Å². The summed E-state index contributed by atoms with van der Waals surface area (Å²) in [5.74, 6) is 1.63. The second-order valence-corrected chi connectivity index (χ2v) is 17.6. The number of esters is 2. The first-order valence-electron chi connectivity index (χ1n) is 25.2. The van der Waals surface area contributed by atoms with E-state index >= 15 is 0 Å². The van der Waals surface area contributed by atoms with E-state index in [1.807, 2.05) is 0 Å². The van der Waals surface area contributed by atoms with Gasteiger partial charge in [0.25, 0.3) is 0 Å². The predicted octanol–water partition coefficient (Wildman–Crippen LogP) is 15.0. The molecule has 2 N–H and O–H groups in total. The van der Waals surface area contributed by atoms with Crippen LogP contribution in [0.5, 0.6) is 0 Å². The molecule has 0 rings (SSSR count). The van der Waals surface area contributed by atoms with E-state index in [4.69, 9.17) is 9.47 Å².